The third kappa shape index (κ3) is 4.80. The van der Waals surface area contributed by atoms with Gasteiger partial charge in [-0.2, -0.15) is 0 Å². The highest BCUT2D eigenvalue weighted by molar-refractivity contribution is 5.80. The van der Waals surface area contributed by atoms with Crippen molar-refractivity contribution in [3.63, 3.8) is 0 Å². The van der Waals surface area contributed by atoms with Crippen LogP contribution in [-0.2, 0) is 0 Å². The molecule has 2 atom stereocenters. The van der Waals surface area contributed by atoms with Crippen molar-refractivity contribution >= 4 is 11.9 Å². The maximum Gasteiger partial charge on any atom is 0.225 e. The number of nitrogens with one attached hydrogen (secondary N) is 2. The first-order valence-electron chi connectivity index (χ1n) is 9.05. The van der Waals surface area contributed by atoms with Crippen molar-refractivity contribution in [3.8, 4) is 0 Å². The zero-order chi connectivity index (χ0) is 16.8. The number of hydrogen-bond donors (Lipinski definition) is 2. The van der Waals surface area contributed by atoms with Crippen LogP contribution in [-0.4, -0.2) is 72.7 Å². The molecule has 1 aliphatic heterocycles. The van der Waals surface area contributed by atoms with Crippen LogP contribution in [0.15, 0.2) is 23.5 Å². The molecule has 0 spiro atoms. The molecule has 1 saturated heterocycles. The second-order valence-electron chi connectivity index (χ2n) is 6.60. The van der Waals surface area contributed by atoms with Gasteiger partial charge in [-0.15, -0.1) is 0 Å². The number of anilines is 1. The molecule has 0 amide bonds. The van der Waals surface area contributed by atoms with Crippen molar-refractivity contribution in [3.05, 3.63) is 18.5 Å². The van der Waals surface area contributed by atoms with E-state index in [-0.39, 0.29) is 0 Å². The second-order valence-corrected chi connectivity index (χ2v) is 6.60. The van der Waals surface area contributed by atoms with Crippen LogP contribution in [0.4, 0.5) is 5.95 Å². The Hall–Kier alpha value is -1.89. The molecule has 3 rings (SSSR count). The van der Waals surface area contributed by atoms with E-state index in [0.717, 1.165) is 63.6 Å². The summed E-state index contributed by atoms with van der Waals surface area (Å²) in [6.07, 6.45) is 4.87. The largest absolute Gasteiger partial charge is 0.357 e. The molecule has 0 aromatic carbocycles. The molecular weight excluding hydrogens is 302 g/mol. The van der Waals surface area contributed by atoms with Crippen molar-refractivity contribution in [1.82, 2.24) is 25.5 Å². The van der Waals surface area contributed by atoms with Crippen molar-refractivity contribution in [2.45, 2.75) is 26.3 Å². The zero-order valence-corrected chi connectivity index (χ0v) is 14.8. The van der Waals surface area contributed by atoms with Crippen molar-refractivity contribution in [2.24, 2.45) is 10.9 Å². The Morgan fingerprint density at radius 2 is 1.96 bits per heavy atom. The van der Waals surface area contributed by atoms with Gasteiger partial charge in [-0.25, -0.2) is 9.97 Å². The monoisotopic (exact) mass is 331 g/mol. The molecule has 1 aromatic heterocycles. The van der Waals surface area contributed by atoms with Crippen LogP contribution in [0.25, 0.3) is 0 Å². The number of rotatable bonds is 6. The Morgan fingerprint density at radius 1 is 1.25 bits per heavy atom. The molecule has 2 fully saturated rings. The van der Waals surface area contributed by atoms with Crippen LogP contribution in [0.2, 0.25) is 0 Å². The number of aliphatic imine (C=N–C) groups is 1. The van der Waals surface area contributed by atoms with E-state index in [1.807, 2.05) is 6.07 Å². The van der Waals surface area contributed by atoms with Crippen molar-refractivity contribution < 1.29 is 0 Å². The summed E-state index contributed by atoms with van der Waals surface area (Å²) in [4.78, 5) is 18.1. The molecule has 2 aliphatic rings. The Kier molecular flexibility index (Phi) is 5.85. The average molecular weight is 331 g/mol. The Morgan fingerprint density at radius 3 is 2.58 bits per heavy atom. The Labute approximate surface area is 144 Å². The van der Waals surface area contributed by atoms with Gasteiger partial charge in [0.05, 0.1) is 6.54 Å². The third-order valence-corrected chi connectivity index (χ3v) is 4.67. The maximum atomic E-state index is 4.71. The molecule has 1 aromatic rings. The summed E-state index contributed by atoms with van der Waals surface area (Å²) in [6.45, 7) is 11.2. The average Bonchev–Trinajstić information content (AvgIpc) is 3.31. The fourth-order valence-corrected chi connectivity index (χ4v) is 2.95. The molecule has 132 valence electrons. The fraction of sp³-hybridized carbons (Fsp3) is 0.706. The normalized spacial score (nSPS) is 24.8. The number of hydrogen-bond acceptors (Lipinski definition) is 5. The molecule has 1 aliphatic carbocycles. The van der Waals surface area contributed by atoms with Crippen molar-refractivity contribution in [2.75, 3.05) is 50.7 Å². The highest BCUT2D eigenvalue weighted by Crippen LogP contribution is 2.28. The van der Waals surface area contributed by atoms with E-state index >= 15 is 0 Å². The van der Waals surface area contributed by atoms with Crippen LogP contribution in [0, 0.1) is 5.92 Å². The van der Waals surface area contributed by atoms with Gasteiger partial charge in [0.15, 0.2) is 5.96 Å². The van der Waals surface area contributed by atoms with E-state index in [9.17, 15) is 0 Å². The van der Waals surface area contributed by atoms with Crippen LogP contribution in [0.3, 0.4) is 0 Å². The molecule has 0 bridgehead atoms. The van der Waals surface area contributed by atoms with E-state index < -0.39 is 0 Å². The summed E-state index contributed by atoms with van der Waals surface area (Å²) in [5.74, 6) is 2.58. The van der Waals surface area contributed by atoms with Gasteiger partial charge in [0.25, 0.3) is 0 Å². The van der Waals surface area contributed by atoms with Gasteiger partial charge in [0.1, 0.15) is 0 Å². The minimum absolute atomic E-state index is 0.609. The SMILES string of the molecule is CCNC(=NCCN1CCN(c2ncccn2)CC1)NC1CC1C. The van der Waals surface area contributed by atoms with Gasteiger partial charge in [-0.05, 0) is 25.3 Å². The summed E-state index contributed by atoms with van der Waals surface area (Å²) in [7, 11) is 0. The molecule has 7 nitrogen and oxygen atoms in total. The summed E-state index contributed by atoms with van der Waals surface area (Å²) in [5.41, 5.74) is 0. The molecule has 2 heterocycles. The zero-order valence-electron chi connectivity index (χ0n) is 14.8. The van der Waals surface area contributed by atoms with E-state index in [1.54, 1.807) is 12.4 Å². The second kappa shape index (κ2) is 8.28. The summed E-state index contributed by atoms with van der Waals surface area (Å²) in [6, 6.07) is 2.47. The summed E-state index contributed by atoms with van der Waals surface area (Å²) >= 11 is 0. The van der Waals surface area contributed by atoms with E-state index in [0.29, 0.717) is 6.04 Å². The Bertz CT molecular complexity index is 525. The molecule has 24 heavy (non-hydrogen) atoms. The number of nitrogens with zero attached hydrogens (tertiary/aromatic N) is 5. The molecule has 7 heteroatoms. The van der Waals surface area contributed by atoms with Gasteiger partial charge in [0.2, 0.25) is 5.95 Å². The van der Waals surface area contributed by atoms with E-state index in [2.05, 4.69) is 44.2 Å². The van der Waals surface area contributed by atoms with Crippen LogP contribution >= 0.6 is 0 Å². The standard InChI is InChI=1S/C17H29N7/c1-3-18-16(22-15-13-14(15)2)19-7-8-23-9-11-24(12-10-23)17-20-5-4-6-21-17/h4-6,14-15H,3,7-13H2,1-2H3,(H2,18,19,22). The molecule has 0 radical (unpaired) electrons. The number of guanidine groups is 1. The van der Waals surface area contributed by atoms with Gasteiger partial charge in [-0.1, -0.05) is 6.92 Å². The first kappa shape index (κ1) is 17.0. The minimum Gasteiger partial charge on any atom is -0.357 e. The predicted molar refractivity (Wildman–Crippen MR) is 97.4 cm³/mol. The van der Waals surface area contributed by atoms with Gasteiger partial charge < -0.3 is 15.5 Å². The smallest absolute Gasteiger partial charge is 0.225 e. The lowest BCUT2D eigenvalue weighted by Crippen LogP contribution is -2.48. The number of aromatic nitrogens is 2. The molecule has 2 N–H and O–H groups in total. The van der Waals surface area contributed by atoms with Gasteiger partial charge in [0, 0.05) is 57.7 Å². The summed E-state index contributed by atoms with van der Waals surface area (Å²) < 4.78 is 0. The highest BCUT2D eigenvalue weighted by Gasteiger charge is 2.33. The summed E-state index contributed by atoms with van der Waals surface area (Å²) in [5, 5.41) is 6.84. The minimum atomic E-state index is 0.609. The first-order chi connectivity index (χ1) is 11.8. The Balaban J connectivity index is 1.40. The molecule has 2 unspecified atom stereocenters. The predicted octanol–water partition coefficient (Wildman–Crippen LogP) is 0.562. The van der Waals surface area contributed by atoms with Crippen LogP contribution in [0.1, 0.15) is 20.3 Å². The lowest BCUT2D eigenvalue weighted by Gasteiger charge is -2.34. The lowest BCUT2D eigenvalue weighted by molar-refractivity contribution is 0.263. The highest BCUT2D eigenvalue weighted by atomic mass is 15.3. The van der Waals surface area contributed by atoms with Gasteiger partial charge >= 0.3 is 0 Å². The van der Waals surface area contributed by atoms with Crippen LogP contribution < -0.4 is 15.5 Å². The van der Waals surface area contributed by atoms with E-state index in [4.69, 9.17) is 4.99 Å². The number of piperazine rings is 1. The fourth-order valence-electron chi connectivity index (χ4n) is 2.95. The lowest BCUT2D eigenvalue weighted by atomic mass is 10.3. The third-order valence-electron chi connectivity index (χ3n) is 4.67. The molecule has 1 saturated carbocycles. The van der Waals surface area contributed by atoms with Gasteiger partial charge in [-0.3, -0.25) is 9.89 Å². The van der Waals surface area contributed by atoms with Crippen molar-refractivity contribution in [1.29, 1.82) is 0 Å². The van der Waals surface area contributed by atoms with Crippen LogP contribution in [0.5, 0.6) is 0 Å². The topological polar surface area (TPSA) is 68.7 Å². The van der Waals surface area contributed by atoms with E-state index in [1.165, 1.54) is 6.42 Å². The maximum absolute atomic E-state index is 4.71. The molecular formula is C17H29N7. The first-order valence-corrected chi connectivity index (χ1v) is 9.05. The quantitative estimate of drug-likeness (QED) is 0.586.